The third-order valence-electron chi connectivity index (χ3n) is 7.45. The van der Waals surface area contributed by atoms with Crippen LogP contribution in [0.25, 0.3) is 12.2 Å². The first-order valence-electron chi connectivity index (χ1n) is 14.0. The molecule has 3 aromatic carbocycles. The van der Waals surface area contributed by atoms with Crippen LogP contribution in [-0.2, 0) is 4.79 Å². The minimum absolute atomic E-state index is 0.127. The maximum atomic E-state index is 13.9. The molecule has 43 heavy (non-hydrogen) atoms. The summed E-state index contributed by atoms with van der Waals surface area (Å²) in [5.74, 6) is -4.71. The van der Waals surface area contributed by atoms with Crippen molar-refractivity contribution in [2.75, 3.05) is 39.3 Å². The molecule has 5 rings (SSSR count). The molecule has 0 unspecified atom stereocenters. The van der Waals surface area contributed by atoms with Crippen LogP contribution in [0, 0.1) is 23.3 Å². The Morgan fingerprint density at radius 1 is 0.791 bits per heavy atom. The molecule has 2 aliphatic heterocycles. The van der Waals surface area contributed by atoms with Crippen LogP contribution in [0.1, 0.15) is 40.7 Å². The highest BCUT2D eigenvalue weighted by Crippen LogP contribution is 2.29. The van der Waals surface area contributed by atoms with Gasteiger partial charge < -0.3 is 9.64 Å². The van der Waals surface area contributed by atoms with Crippen molar-refractivity contribution in [3.8, 4) is 5.75 Å². The van der Waals surface area contributed by atoms with E-state index >= 15 is 0 Å². The van der Waals surface area contributed by atoms with Gasteiger partial charge in [0, 0.05) is 23.3 Å². The summed E-state index contributed by atoms with van der Waals surface area (Å²) >= 11 is 6.47. The number of hydrogen-bond donors (Lipinski definition) is 0. The number of rotatable bonds is 7. The van der Waals surface area contributed by atoms with Crippen molar-refractivity contribution in [1.29, 1.82) is 0 Å². The molecular formula is C33H29ClF4N2O3. The fourth-order valence-corrected chi connectivity index (χ4v) is 5.43. The number of carbonyl (C=O) groups excluding carboxylic acids is 2. The van der Waals surface area contributed by atoms with Gasteiger partial charge in [-0.25, -0.2) is 17.6 Å². The standard InChI is InChI=1S/C33H29ClF4N2O3/c34-26-18-23(6-9-31(26)43-13-12-39-10-2-1-3-11-39)33(42)40-19-24(14-21-4-7-27(35)29(37)16-21)32(41)25(20-40)15-22-5-8-28(36)30(38)17-22/h4-9,14-18H,1-3,10-13,19-20H2/b24-14+,25-15+. The Labute approximate surface area is 252 Å². The van der Waals surface area contributed by atoms with E-state index in [2.05, 4.69) is 4.90 Å². The Morgan fingerprint density at radius 2 is 1.37 bits per heavy atom. The summed E-state index contributed by atoms with van der Waals surface area (Å²) < 4.78 is 60.6. The number of carbonyl (C=O) groups is 2. The first-order valence-corrected chi connectivity index (χ1v) is 14.4. The molecule has 2 saturated heterocycles. The lowest BCUT2D eigenvalue weighted by Gasteiger charge is -2.30. The van der Waals surface area contributed by atoms with E-state index in [1.165, 1.54) is 54.5 Å². The zero-order valence-corrected chi connectivity index (χ0v) is 24.0. The third kappa shape index (κ3) is 7.53. The highest BCUT2D eigenvalue weighted by molar-refractivity contribution is 6.32. The van der Waals surface area contributed by atoms with Gasteiger partial charge in [0.2, 0.25) is 0 Å². The van der Waals surface area contributed by atoms with Crippen LogP contribution in [0.3, 0.4) is 0 Å². The predicted molar refractivity (Wildman–Crippen MR) is 157 cm³/mol. The molecule has 0 atom stereocenters. The number of nitrogens with zero attached hydrogens (tertiary/aromatic N) is 2. The van der Waals surface area contributed by atoms with Crippen molar-refractivity contribution in [2.24, 2.45) is 0 Å². The SMILES string of the molecule is O=C1/C(=C/c2ccc(F)c(F)c2)CN(C(=O)c2ccc(OCCN3CCCCC3)c(Cl)c2)C/C1=C\c1ccc(F)c(F)c1. The minimum atomic E-state index is -1.09. The largest absolute Gasteiger partial charge is 0.491 e. The van der Waals surface area contributed by atoms with E-state index in [0.717, 1.165) is 43.9 Å². The number of Topliss-reactive ketones (excluding diaryl/α,β-unsaturated/α-hetero) is 1. The molecule has 5 nitrogen and oxygen atoms in total. The van der Waals surface area contributed by atoms with Gasteiger partial charge in [0.1, 0.15) is 12.4 Å². The van der Waals surface area contributed by atoms with Gasteiger partial charge in [0.25, 0.3) is 5.91 Å². The summed E-state index contributed by atoms with van der Waals surface area (Å²) in [6.45, 7) is 3.06. The average molecular weight is 613 g/mol. The molecule has 2 heterocycles. The second-order valence-corrected chi connectivity index (χ2v) is 11.0. The fourth-order valence-electron chi connectivity index (χ4n) is 5.19. The smallest absolute Gasteiger partial charge is 0.254 e. The van der Waals surface area contributed by atoms with Crippen molar-refractivity contribution in [3.05, 3.63) is 111 Å². The second-order valence-electron chi connectivity index (χ2n) is 10.6. The first-order chi connectivity index (χ1) is 20.7. The van der Waals surface area contributed by atoms with Crippen LogP contribution in [0.2, 0.25) is 5.02 Å². The minimum Gasteiger partial charge on any atom is -0.491 e. The van der Waals surface area contributed by atoms with Crippen molar-refractivity contribution < 1.29 is 31.9 Å². The lowest BCUT2D eigenvalue weighted by molar-refractivity contribution is -0.113. The Morgan fingerprint density at radius 3 is 1.91 bits per heavy atom. The summed E-state index contributed by atoms with van der Waals surface area (Å²) in [4.78, 5) is 30.8. The fraction of sp³-hybridized carbons (Fsp3) is 0.273. The number of benzene rings is 3. The topological polar surface area (TPSA) is 49.9 Å². The van der Waals surface area contributed by atoms with E-state index in [-0.39, 0.29) is 45.9 Å². The van der Waals surface area contributed by atoms with Crippen LogP contribution in [0.4, 0.5) is 17.6 Å². The van der Waals surface area contributed by atoms with Crippen LogP contribution in [0.15, 0.2) is 65.7 Å². The summed E-state index contributed by atoms with van der Waals surface area (Å²) in [5.41, 5.74) is 0.948. The molecule has 0 aromatic heterocycles. The summed E-state index contributed by atoms with van der Waals surface area (Å²) in [6, 6.07) is 11.1. The molecule has 3 aromatic rings. The molecule has 2 aliphatic rings. The Kier molecular flexibility index (Phi) is 9.62. The van der Waals surface area contributed by atoms with Crippen molar-refractivity contribution >= 4 is 35.4 Å². The zero-order valence-electron chi connectivity index (χ0n) is 23.2. The zero-order chi connectivity index (χ0) is 30.5. The van der Waals surface area contributed by atoms with Crippen LogP contribution in [0.5, 0.6) is 5.75 Å². The van der Waals surface area contributed by atoms with Crippen LogP contribution >= 0.6 is 11.6 Å². The molecule has 10 heteroatoms. The molecule has 0 aliphatic carbocycles. The van der Waals surface area contributed by atoms with Gasteiger partial charge in [0.05, 0.1) is 18.1 Å². The number of hydrogen-bond acceptors (Lipinski definition) is 4. The van der Waals surface area contributed by atoms with Crippen LogP contribution < -0.4 is 4.74 Å². The number of halogens is 5. The molecule has 0 saturated carbocycles. The van der Waals surface area contributed by atoms with Gasteiger partial charge in [-0.1, -0.05) is 30.2 Å². The highest BCUT2D eigenvalue weighted by Gasteiger charge is 2.30. The monoisotopic (exact) mass is 612 g/mol. The molecule has 224 valence electrons. The summed E-state index contributed by atoms with van der Waals surface area (Å²) in [6.07, 6.45) is 6.34. The Bertz CT molecular complexity index is 1530. The molecule has 0 spiro atoms. The molecule has 0 bridgehead atoms. The van der Waals surface area contributed by atoms with Gasteiger partial charge >= 0.3 is 0 Å². The second kappa shape index (κ2) is 13.6. The molecule has 0 N–H and O–H groups in total. The number of piperidine rings is 2. The van der Waals surface area contributed by atoms with E-state index in [9.17, 15) is 27.2 Å². The molecular weight excluding hydrogens is 584 g/mol. The van der Waals surface area contributed by atoms with Gasteiger partial charge in [-0.15, -0.1) is 0 Å². The van der Waals surface area contributed by atoms with Crippen molar-refractivity contribution in [2.45, 2.75) is 19.3 Å². The normalized spacial score (nSPS) is 18.0. The van der Waals surface area contributed by atoms with E-state index in [1.807, 2.05) is 0 Å². The number of likely N-dealkylation sites (tertiary alicyclic amines) is 2. The Hall–Kier alpha value is -3.95. The van der Waals surface area contributed by atoms with Crippen molar-refractivity contribution in [1.82, 2.24) is 9.80 Å². The quantitative estimate of drug-likeness (QED) is 0.214. The lowest BCUT2D eigenvalue weighted by atomic mass is 9.93. The Balaban J connectivity index is 1.38. The maximum Gasteiger partial charge on any atom is 0.254 e. The molecule has 2 fully saturated rings. The van der Waals surface area contributed by atoms with Crippen molar-refractivity contribution in [3.63, 3.8) is 0 Å². The van der Waals surface area contributed by atoms with E-state index < -0.39 is 35.0 Å². The van der Waals surface area contributed by atoms with Gasteiger partial charge in [-0.3, -0.25) is 14.5 Å². The average Bonchev–Trinajstić information content (AvgIpc) is 2.99. The highest BCUT2D eigenvalue weighted by atomic mass is 35.5. The van der Waals surface area contributed by atoms with E-state index in [0.29, 0.717) is 12.4 Å². The summed E-state index contributed by atoms with van der Waals surface area (Å²) in [7, 11) is 0. The van der Waals surface area contributed by atoms with Gasteiger partial charge in [-0.2, -0.15) is 0 Å². The predicted octanol–water partition coefficient (Wildman–Crippen LogP) is 6.95. The molecule has 0 radical (unpaired) electrons. The number of ketones is 1. The summed E-state index contributed by atoms with van der Waals surface area (Å²) in [5, 5.41) is 0.257. The van der Waals surface area contributed by atoms with Gasteiger partial charge in [-0.05, 0) is 91.7 Å². The van der Waals surface area contributed by atoms with E-state index in [4.69, 9.17) is 16.3 Å². The van der Waals surface area contributed by atoms with E-state index in [1.54, 1.807) is 12.1 Å². The lowest BCUT2D eigenvalue weighted by Crippen LogP contribution is -2.41. The number of ether oxygens (including phenoxy) is 1. The number of amides is 1. The molecule has 1 amide bonds. The van der Waals surface area contributed by atoms with Crippen LogP contribution in [-0.4, -0.2) is 60.8 Å². The maximum absolute atomic E-state index is 13.9. The van der Waals surface area contributed by atoms with Gasteiger partial charge in [0.15, 0.2) is 29.1 Å². The first kappa shape index (κ1) is 30.5. The third-order valence-corrected chi connectivity index (χ3v) is 7.75.